The number of fused-ring (bicyclic) bond motifs is 1. The lowest BCUT2D eigenvalue weighted by atomic mass is 9.76. The van der Waals surface area contributed by atoms with Gasteiger partial charge in [-0.05, 0) is 24.0 Å². The zero-order chi connectivity index (χ0) is 11.7. The molecule has 17 heavy (non-hydrogen) atoms. The molecular formula is C14H14ClNO. The third kappa shape index (κ3) is 1.98. The highest BCUT2D eigenvalue weighted by molar-refractivity contribution is 6.17. The average Bonchev–Trinajstić information content (AvgIpc) is 2.76. The Morgan fingerprint density at radius 1 is 1.35 bits per heavy atom. The van der Waals surface area contributed by atoms with Crippen LogP contribution < -0.4 is 0 Å². The van der Waals surface area contributed by atoms with E-state index >= 15 is 0 Å². The lowest BCUT2D eigenvalue weighted by molar-refractivity contribution is 0.424. The summed E-state index contributed by atoms with van der Waals surface area (Å²) in [5, 5.41) is 0. The molecule has 1 unspecified atom stereocenters. The third-order valence-electron chi connectivity index (χ3n) is 3.29. The summed E-state index contributed by atoms with van der Waals surface area (Å²) in [7, 11) is 0. The van der Waals surface area contributed by atoms with Crippen LogP contribution in [-0.2, 0) is 12.8 Å². The van der Waals surface area contributed by atoms with Gasteiger partial charge in [0, 0.05) is 18.2 Å². The number of rotatable bonds is 4. The minimum absolute atomic E-state index is 0.406. The molecule has 2 nitrogen and oxygen atoms in total. The van der Waals surface area contributed by atoms with E-state index in [2.05, 4.69) is 29.2 Å². The summed E-state index contributed by atoms with van der Waals surface area (Å²) in [5.74, 6) is 2.87. The first-order valence-electron chi connectivity index (χ1n) is 5.97. The molecule has 1 aromatic carbocycles. The van der Waals surface area contributed by atoms with Crippen LogP contribution in [0, 0.1) is 0 Å². The number of benzene rings is 1. The summed E-state index contributed by atoms with van der Waals surface area (Å²) in [6.45, 7) is 0. The molecule has 0 fully saturated rings. The van der Waals surface area contributed by atoms with Crippen molar-refractivity contribution < 1.29 is 4.42 Å². The molecule has 0 saturated heterocycles. The van der Waals surface area contributed by atoms with Gasteiger partial charge in [0.25, 0.3) is 0 Å². The molecular weight excluding hydrogens is 234 g/mol. The molecule has 0 saturated carbocycles. The van der Waals surface area contributed by atoms with Crippen molar-refractivity contribution in [3.05, 3.63) is 53.2 Å². The summed E-state index contributed by atoms with van der Waals surface area (Å²) in [6, 6.07) is 8.51. The topological polar surface area (TPSA) is 26.0 Å². The van der Waals surface area contributed by atoms with E-state index in [0.717, 1.165) is 30.9 Å². The van der Waals surface area contributed by atoms with Gasteiger partial charge in [-0.25, -0.2) is 4.98 Å². The van der Waals surface area contributed by atoms with Crippen LogP contribution >= 0.6 is 11.6 Å². The Labute approximate surface area is 106 Å². The molecule has 0 bridgehead atoms. The number of oxazole rings is 1. The lowest BCUT2D eigenvalue weighted by Gasteiger charge is -2.27. The van der Waals surface area contributed by atoms with E-state index in [1.54, 1.807) is 0 Å². The summed E-state index contributed by atoms with van der Waals surface area (Å²) >= 11 is 5.66. The molecule has 0 spiro atoms. The van der Waals surface area contributed by atoms with Crippen LogP contribution in [0.5, 0.6) is 0 Å². The fraction of sp³-hybridized carbons (Fsp3) is 0.357. The minimum Gasteiger partial charge on any atom is -0.445 e. The van der Waals surface area contributed by atoms with Crippen molar-refractivity contribution in [2.75, 3.05) is 5.88 Å². The van der Waals surface area contributed by atoms with Gasteiger partial charge in [-0.1, -0.05) is 24.3 Å². The number of nitrogens with zero attached hydrogens (tertiary/aromatic N) is 1. The maximum Gasteiger partial charge on any atom is 0.194 e. The minimum atomic E-state index is 0.406. The summed E-state index contributed by atoms with van der Waals surface area (Å²) in [4.78, 5) is 4.30. The van der Waals surface area contributed by atoms with Crippen molar-refractivity contribution in [1.29, 1.82) is 0 Å². The number of hydrogen-bond donors (Lipinski definition) is 0. The van der Waals surface area contributed by atoms with Crippen LogP contribution in [0.2, 0.25) is 0 Å². The first kappa shape index (κ1) is 10.8. The van der Waals surface area contributed by atoms with Gasteiger partial charge in [-0.3, -0.25) is 0 Å². The van der Waals surface area contributed by atoms with Gasteiger partial charge in [0.1, 0.15) is 5.76 Å². The van der Waals surface area contributed by atoms with E-state index in [-0.39, 0.29) is 0 Å². The van der Waals surface area contributed by atoms with Gasteiger partial charge in [-0.2, -0.15) is 0 Å². The summed E-state index contributed by atoms with van der Waals surface area (Å²) < 4.78 is 5.78. The molecule has 1 aliphatic rings. The van der Waals surface area contributed by atoms with Crippen LogP contribution in [0.4, 0.5) is 0 Å². The van der Waals surface area contributed by atoms with Gasteiger partial charge in [0.05, 0.1) is 6.20 Å². The van der Waals surface area contributed by atoms with Crippen LogP contribution in [-0.4, -0.2) is 10.9 Å². The predicted octanol–water partition coefficient (Wildman–Crippen LogP) is 3.53. The average molecular weight is 248 g/mol. The van der Waals surface area contributed by atoms with Crippen molar-refractivity contribution in [3.63, 3.8) is 0 Å². The summed E-state index contributed by atoms with van der Waals surface area (Å²) in [6.07, 6.45) is 4.69. The molecule has 0 amide bonds. The third-order valence-corrected chi connectivity index (χ3v) is 3.56. The predicted molar refractivity (Wildman–Crippen MR) is 67.5 cm³/mol. The molecule has 1 aliphatic carbocycles. The molecule has 1 atom stereocenters. The molecule has 1 aromatic heterocycles. The SMILES string of the molecule is ClCCCc1ncc(C2Cc3ccccc32)o1. The second-order valence-electron chi connectivity index (χ2n) is 4.40. The second-order valence-corrected chi connectivity index (χ2v) is 4.78. The zero-order valence-electron chi connectivity index (χ0n) is 9.53. The molecule has 0 aliphatic heterocycles. The van der Waals surface area contributed by atoms with E-state index in [1.807, 2.05) is 6.20 Å². The highest BCUT2D eigenvalue weighted by Crippen LogP contribution is 2.39. The smallest absolute Gasteiger partial charge is 0.194 e. The van der Waals surface area contributed by atoms with E-state index in [9.17, 15) is 0 Å². The highest BCUT2D eigenvalue weighted by Gasteiger charge is 2.29. The van der Waals surface area contributed by atoms with E-state index in [1.165, 1.54) is 11.1 Å². The molecule has 2 aromatic rings. The molecule has 1 heterocycles. The Morgan fingerprint density at radius 3 is 3.06 bits per heavy atom. The number of alkyl halides is 1. The fourth-order valence-electron chi connectivity index (χ4n) is 2.33. The maximum absolute atomic E-state index is 5.78. The largest absolute Gasteiger partial charge is 0.445 e. The standard InChI is InChI=1S/C14H14ClNO/c15-7-3-6-14-16-9-13(17-14)12-8-10-4-1-2-5-11(10)12/h1-2,4-5,9,12H,3,6-8H2. The number of hydrogen-bond acceptors (Lipinski definition) is 2. The Balaban J connectivity index is 1.76. The Morgan fingerprint density at radius 2 is 2.24 bits per heavy atom. The normalized spacial score (nSPS) is 17.6. The van der Waals surface area contributed by atoms with Crippen molar-refractivity contribution in [1.82, 2.24) is 4.98 Å². The van der Waals surface area contributed by atoms with Crippen molar-refractivity contribution in [2.24, 2.45) is 0 Å². The molecule has 0 radical (unpaired) electrons. The van der Waals surface area contributed by atoms with Crippen molar-refractivity contribution in [2.45, 2.75) is 25.2 Å². The van der Waals surface area contributed by atoms with Crippen molar-refractivity contribution in [3.8, 4) is 0 Å². The number of aromatic nitrogens is 1. The Kier molecular flexibility index (Phi) is 2.89. The number of halogens is 1. The highest BCUT2D eigenvalue weighted by atomic mass is 35.5. The van der Waals surface area contributed by atoms with Gasteiger partial charge in [0.2, 0.25) is 0 Å². The second kappa shape index (κ2) is 4.53. The first-order chi connectivity index (χ1) is 8.38. The van der Waals surface area contributed by atoms with Gasteiger partial charge in [-0.15, -0.1) is 11.6 Å². The lowest BCUT2D eigenvalue weighted by Crippen LogP contribution is -2.17. The first-order valence-corrected chi connectivity index (χ1v) is 6.50. The molecule has 88 valence electrons. The van der Waals surface area contributed by atoms with E-state index in [0.29, 0.717) is 11.8 Å². The van der Waals surface area contributed by atoms with Gasteiger partial charge < -0.3 is 4.42 Å². The van der Waals surface area contributed by atoms with E-state index in [4.69, 9.17) is 16.0 Å². The van der Waals surface area contributed by atoms with Crippen molar-refractivity contribution >= 4 is 11.6 Å². The van der Waals surface area contributed by atoms with Crippen LogP contribution in [0.15, 0.2) is 34.9 Å². The number of aryl methyl sites for hydroxylation is 1. The Bertz CT molecular complexity index is 520. The Hall–Kier alpha value is -1.28. The fourth-order valence-corrected chi connectivity index (χ4v) is 2.47. The quantitative estimate of drug-likeness (QED) is 0.773. The molecule has 0 N–H and O–H groups in total. The monoisotopic (exact) mass is 247 g/mol. The maximum atomic E-state index is 5.78. The van der Waals surface area contributed by atoms with Gasteiger partial charge in [0.15, 0.2) is 5.89 Å². The molecule has 3 rings (SSSR count). The molecule has 3 heteroatoms. The zero-order valence-corrected chi connectivity index (χ0v) is 10.3. The van der Waals surface area contributed by atoms with Crippen LogP contribution in [0.1, 0.15) is 35.1 Å². The van der Waals surface area contributed by atoms with E-state index < -0.39 is 0 Å². The van der Waals surface area contributed by atoms with Crippen LogP contribution in [0.25, 0.3) is 0 Å². The summed E-state index contributed by atoms with van der Waals surface area (Å²) in [5.41, 5.74) is 2.81. The van der Waals surface area contributed by atoms with Gasteiger partial charge >= 0.3 is 0 Å². The van der Waals surface area contributed by atoms with Crippen LogP contribution in [0.3, 0.4) is 0 Å².